The molecule has 1 fully saturated rings. The molecule has 0 unspecified atom stereocenters. The molecule has 1 amide bonds. The average Bonchev–Trinajstić information content (AvgIpc) is 3.31. The fraction of sp³-hybridized carbons (Fsp3) is 0.286. The summed E-state index contributed by atoms with van der Waals surface area (Å²) in [7, 11) is 0. The molecule has 26 heavy (non-hydrogen) atoms. The van der Waals surface area contributed by atoms with Crippen LogP contribution in [-0.2, 0) is 11.3 Å². The van der Waals surface area contributed by atoms with E-state index >= 15 is 0 Å². The molecule has 2 aromatic carbocycles. The molecule has 1 aliphatic heterocycles. The first-order chi connectivity index (χ1) is 12.7. The lowest BCUT2D eigenvalue weighted by atomic mass is 10.2. The largest absolute Gasteiger partial charge is 0.342 e. The number of halogens is 1. The van der Waals surface area contributed by atoms with Crippen LogP contribution in [-0.4, -0.2) is 34.2 Å². The van der Waals surface area contributed by atoms with Crippen molar-refractivity contribution in [2.24, 2.45) is 0 Å². The summed E-state index contributed by atoms with van der Waals surface area (Å²) >= 11 is 7.97. The molecule has 1 aliphatic rings. The van der Waals surface area contributed by atoms with E-state index in [2.05, 4.69) is 41.1 Å². The number of hydrogen-bond acceptors (Lipinski definition) is 2. The highest BCUT2D eigenvalue weighted by atomic mass is 35.5. The first-order valence-electron chi connectivity index (χ1n) is 8.94. The van der Waals surface area contributed by atoms with Gasteiger partial charge in [-0.25, -0.2) is 0 Å². The van der Waals surface area contributed by atoms with Crippen LogP contribution < -0.4 is 0 Å². The molecule has 3 nitrogen and oxygen atoms in total. The van der Waals surface area contributed by atoms with Crippen LogP contribution in [0.4, 0.5) is 0 Å². The smallest absolute Gasteiger partial charge is 0.232 e. The van der Waals surface area contributed by atoms with Crippen molar-refractivity contribution in [1.82, 2.24) is 9.47 Å². The molecule has 1 aromatic heterocycles. The van der Waals surface area contributed by atoms with Crippen molar-refractivity contribution < 1.29 is 4.79 Å². The Morgan fingerprint density at radius 2 is 1.77 bits per heavy atom. The van der Waals surface area contributed by atoms with Gasteiger partial charge in [-0.2, -0.15) is 0 Å². The van der Waals surface area contributed by atoms with Crippen molar-refractivity contribution >= 4 is 40.2 Å². The molecule has 0 bridgehead atoms. The SMILES string of the molecule is O=C(CSc1cn(Cc2ccccc2Cl)c2ccccc12)N1CCCC1. The van der Waals surface area contributed by atoms with Crippen LogP contribution >= 0.6 is 23.4 Å². The molecule has 0 aliphatic carbocycles. The van der Waals surface area contributed by atoms with Crippen LogP contribution in [0.15, 0.2) is 59.6 Å². The van der Waals surface area contributed by atoms with Gasteiger partial charge in [-0.15, -0.1) is 11.8 Å². The number of para-hydroxylation sites is 1. The van der Waals surface area contributed by atoms with E-state index in [0.717, 1.165) is 48.0 Å². The van der Waals surface area contributed by atoms with E-state index in [9.17, 15) is 4.79 Å². The minimum Gasteiger partial charge on any atom is -0.342 e. The van der Waals surface area contributed by atoms with Crippen LogP contribution in [0.2, 0.25) is 5.02 Å². The Bertz CT molecular complexity index is 931. The molecular weight excluding hydrogens is 364 g/mol. The highest BCUT2D eigenvalue weighted by molar-refractivity contribution is 8.00. The van der Waals surface area contributed by atoms with Gasteiger partial charge < -0.3 is 9.47 Å². The second-order valence-electron chi connectivity index (χ2n) is 6.61. The number of amides is 1. The topological polar surface area (TPSA) is 25.2 Å². The third-order valence-corrected chi connectivity index (χ3v) is 6.26. The predicted octanol–water partition coefficient (Wildman–Crippen LogP) is 5.06. The number of likely N-dealkylation sites (tertiary alicyclic amines) is 1. The molecule has 0 N–H and O–H groups in total. The number of benzene rings is 2. The maximum atomic E-state index is 12.4. The van der Waals surface area contributed by atoms with Crippen molar-refractivity contribution in [1.29, 1.82) is 0 Å². The lowest BCUT2D eigenvalue weighted by Crippen LogP contribution is -2.29. The molecule has 3 aromatic rings. The summed E-state index contributed by atoms with van der Waals surface area (Å²) in [6.07, 6.45) is 4.41. The Labute approximate surface area is 162 Å². The van der Waals surface area contributed by atoms with Crippen LogP contribution in [0.25, 0.3) is 10.9 Å². The molecule has 0 spiro atoms. The normalized spacial score (nSPS) is 14.3. The van der Waals surface area contributed by atoms with Crippen LogP contribution in [0, 0.1) is 0 Å². The van der Waals surface area contributed by atoms with Gasteiger partial charge in [0.1, 0.15) is 0 Å². The Hall–Kier alpha value is -1.91. The Morgan fingerprint density at radius 3 is 2.58 bits per heavy atom. The van der Waals surface area contributed by atoms with E-state index in [-0.39, 0.29) is 5.91 Å². The van der Waals surface area contributed by atoms with Gasteiger partial charge >= 0.3 is 0 Å². The fourth-order valence-electron chi connectivity index (χ4n) is 3.47. The Balaban J connectivity index is 1.57. The van der Waals surface area contributed by atoms with Gasteiger partial charge in [0.25, 0.3) is 0 Å². The Morgan fingerprint density at radius 1 is 1.04 bits per heavy atom. The number of thioether (sulfide) groups is 1. The number of fused-ring (bicyclic) bond motifs is 1. The number of rotatable bonds is 5. The Kier molecular flexibility index (Phi) is 5.23. The number of carbonyl (C=O) groups excluding carboxylic acids is 1. The quantitative estimate of drug-likeness (QED) is 0.574. The molecule has 134 valence electrons. The molecule has 4 rings (SSSR count). The molecule has 2 heterocycles. The third-order valence-electron chi connectivity index (χ3n) is 4.86. The zero-order valence-electron chi connectivity index (χ0n) is 14.5. The maximum Gasteiger partial charge on any atom is 0.232 e. The summed E-state index contributed by atoms with van der Waals surface area (Å²) in [5.41, 5.74) is 2.27. The van der Waals surface area contributed by atoms with Crippen molar-refractivity contribution in [2.75, 3.05) is 18.8 Å². The van der Waals surface area contributed by atoms with Gasteiger partial charge in [0.05, 0.1) is 5.75 Å². The van der Waals surface area contributed by atoms with Gasteiger partial charge in [0, 0.05) is 46.7 Å². The molecule has 0 atom stereocenters. The minimum atomic E-state index is 0.246. The highest BCUT2D eigenvalue weighted by Crippen LogP contribution is 2.31. The number of hydrogen-bond donors (Lipinski definition) is 0. The summed E-state index contributed by atoms with van der Waals surface area (Å²) < 4.78 is 2.22. The molecule has 0 saturated carbocycles. The summed E-state index contributed by atoms with van der Waals surface area (Å²) in [6, 6.07) is 16.3. The van der Waals surface area contributed by atoms with E-state index in [1.807, 2.05) is 23.1 Å². The van der Waals surface area contributed by atoms with Crippen LogP contribution in [0.3, 0.4) is 0 Å². The second kappa shape index (κ2) is 7.77. The van der Waals surface area contributed by atoms with E-state index in [1.165, 1.54) is 10.9 Å². The lowest BCUT2D eigenvalue weighted by Gasteiger charge is -2.14. The number of carbonyl (C=O) groups is 1. The van der Waals surface area contributed by atoms with E-state index in [0.29, 0.717) is 5.75 Å². The molecule has 5 heteroatoms. The summed E-state index contributed by atoms with van der Waals surface area (Å²) in [6.45, 7) is 2.54. The summed E-state index contributed by atoms with van der Waals surface area (Å²) in [5.74, 6) is 0.746. The van der Waals surface area contributed by atoms with Gasteiger partial charge in [0.2, 0.25) is 5.91 Å². The van der Waals surface area contributed by atoms with Crippen molar-refractivity contribution in [3.05, 3.63) is 65.3 Å². The van der Waals surface area contributed by atoms with E-state index in [4.69, 9.17) is 11.6 Å². The highest BCUT2D eigenvalue weighted by Gasteiger charge is 2.19. The molecule has 0 radical (unpaired) electrons. The predicted molar refractivity (Wildman–Crippen MR) is 109 cm³/mol. The second-order valence-corrected chi connectivity index (χ2v) is 8.03. The van der Waals surface area contributed by atoms with Crippen LogP contribution in [0.5, 0.6) is 0 Å². The maximum absolute atomic E-state index is 12.4. The fourth-order valence-corrected chi connectivity index (χ4v) is 4.65. The summed E-state index contributed by atoms with van der Waals surface area (Å²) in [5, 5.41) is 1.97. The lowest BCUT2D eigenvalue weighted by molar-refractivity contribution is -0.127. The number of nitrogens with zero attached hydrogens (tertiary/aromatic N) is 2. The van der Waals surface area contributed by atoms with E-state index < -0.39 is 0 Å². The first-order valence-corrected chi connectivity index (χ1v) is 10.3. The average molecular weight is 385 g/mol. The van der Waals surface area contributed by atoms with Crippen LogP contribution in [0.1, 0.15) is 18.4 Å². The molecule has 1 saturated heterocycles. The minimum absolute atomic E-state index is 0.246. The van der Waals surface area contributed by atoms with E-state index in [1.54, 1.807) is 11.8 Å². The first kappa shape index (κ1) is 17.5. The van der Waals surface area contributed by atoms with Crippen molar-refractivity contribution in [3.8, 4) is 0 Å². The summed E-state index contributed by atoms with van der Waals surface area (Å²) in [4.78, 5) is 15.5. The zero-order chi connectivity index (χ0) is 17.9. The van der Waals surface area contributed by atoms with Gasteiger partial charge in [-0.05, 0) is 30.5 Å². The standard InChI is InChI=1S/C21H21ClN2OS/c22-18-9-3-1-7-16(18)13-24-14-20(17-8-2-4-10-19(17)24)26-15-21(25)23-11-5-6-12-23/h1-4,7-10,14H,5-6,11-13,15H2. The van der Waals surface area contributed by atoms with Crippen molar-refractivity contribution in [2.45, 2.75) is 24.3 Å². The number of aromatic nitrogens is 1. The van der Waals surface area contributed by atoms with Crippen molar-refractivity contribution in [3.63, 3.8) is 0 Å². The third kappa shape index (κ3) is 3.62. The van der Waals surface area contributed by atoms with Gasteiger partial charge in [-0.3, -0.25) is 4.79 Å². The molecular formula is C21H21ClN2OS. The zero-order valence-corrected chi connectivity index (χ0v) is 16.1. The van der Waals surface area contributed by atoms with Gasteiger partial charge in [0.15, 0.2) is 0 Å². The monoisotopic (exact) mass is 384 g/mol. The van der Waals surface area contributed by atoms with Gasteiger partial charge in [-0.1, -0.05) is 48.0 Å².